The van der Waals surface area contributed by atoms with E-state index in [4.69, 9.17) is 4.99 Å². The number of unbranched alkanes of at least 4 members (excludes halogenated alkanes) is 3. The van der Waals surface area contributed by atoms with E-state index in [1.165, 1.54) is 31.2 Å². The van der Waals surface area contributed by atoms with Gasteiger partial charge in [0.05, 0.1) is 12.2 Å². The van der Waals surface area contributed by atoms with E-state index in [0.29, 0.717) is 6.54 Å². The molecule has 2 aromatic rings. The lowest BCUT2D eigenvalue weighted by Crippen LogP contribution is -2.39. The third-order valence-electron chi connectivity index (χ3n) is 4.13. The van der Waals surface area contributed by atoms with Crippen LogP contribution in [0.5, 0.6) is 0 Å². The van der Waals surface area contributed by atoms with E-state index in [-0.39, 0.29) is 24.0 Å². The largest absolute Gasteiger partial charge is 0.357 e. The molecule has 0 fully saturated rings. The maximum Gasteiger partial charge on any atom is 0.193 e. The van der Waals surface area contributed by atoms with Crippen LogP contribution in [0.2, 0.25) is 0 Å². The van der Waals surface area contributed by atoms with Crippen LogP contribution in [-0.2, 0) is 6.54 Å². The predicted octanol–water partition coefficient (Wildman–Crippen LogP) is 4.03. The zero-order chi connectivity index (χ0) is 18.6. The van der Waals surface area contributed by atoms with E-state index in [2.05, 4.69) is 53.0 Å². The number of hydrogen-bond acceptors (Lipinski definition) is 3. The number of guanidine groups is 1. The van der Waals surface area contributed by atoms with Crippen molar-refractivity contribution < 1.29 is 0 Å². The zero-order valence-electron chi connectivity index (χ0n) is 16.3. The van der Waals surface area contributed by atoms with Crippen LogP contribution in [0.3, 0.4) is 0 Å². The van der Waals surface area contributed by atoms with Crippen molar-refractivity contribution in [1.29, 1.82) is 0 Å². The summed E-state index contributed by atoms with van der Waals surface area (Å²) in [5.74, 6) is 0.955. The number of aliphatic imine (C=N–C) groups is 1. The average molecular weight is 482 g/mol. The van der Waals surface area contributed by atoms with Crippen LogP contribution in [0.1, 0.15) is 38.2 Å². The fourth-order valence-electron chi connectivity index (χ4n) is 2.65. The fourth-order valence-corrected chi connectivity index (χ4v) is 2.65. The van der Waals surface area contributed by atoms with E-state index < -0.39 is 0 Å². The average Bonchev–Trinajstić information content (AvgIpc) is 3.20. The van der Waals surface area contributed by atoms with Crippen LogP contribution >= 0.6 is 24.0 Å². The van der Waals surface area contributed by atoms with Gasteiger partial charge in [0.15, 0.2) is 5.96 Å². The van der Waals surface area contributed by atoms with Crippen LogP contribution in [0.25, 0.3) is 5.69 Å². The molecule has 2 rings (SSSR count). The van der Waals surface area contributed by atoms with Gasteiger partial charge in [0, 0.05) is 20.1 Å². The highest BCUT2D eigenvalue weighted by Gasteiger charge is 2.05. The van der Waals surface area contributed by atoms with E-state index in [1.54, 1.807) is 11.0 Å². The molecule has 0 spiro atoms. The Hall–Kier alpha value is -1.90. The number of aromatic nitrogens is 3. The Kier molecular flexibility index (Phi) is 11.4. The Morgan fingerprint density at radius 2 is 2.04 bits per heavy atom. The highest BCUT2D eigenvalue weighted by molar-refractivity contribution is 14.0. The van der Waals surface area contributed by atoms with Gasteiger partial charge < -0.3 is 10.2 Å². The molecule has 0 atom stereocenters. The molecule has 1 N–H and O–H groups in total. The van der Waals surface area contributed by atoms with Crippen molar-refractivity contribution in [3.63, 3.8) is 0 Å². The van der Waals surface area contributed by atoms with Gasteiger partial charge in [0.25, 0.3) is 0 Å². The van der Waals surface area contributed by atoms with Crippen molar-refractivity contribution >= 4 is 29.9 Å². The summed E-state index contributed by atoms with van der Waals surface area (Å²) in [6.07, 6.45) is 9.92. The van der Waals surface area contributed by atoms with Crippen LogP contribution in [0, 0.1) is 0 Å². The monoisotopic (exact) mass is 482 g/mol. The van der Waals surface area contributed by atoms with E-state index in [0.717, 1.165) is 31.2 Å². The Balaban J connectivity index is 0.00000364. The molecule has 0 saturated heterocycles. The molecular formula is C20H31IN6. The lowest BCUT2D eigenvalue weighted by Gasteiger charge is -2.22. The van der Waals surface area contributed by atoms with Crippen LogP contribution in [0.15, 0.2) is 54.6 Å². The highest BCUT2D eigenvalue weighted by Crippen LogP contribution is 2.09. The third kappa shape index (κ3) is 8.11. The molecule has 1 aromatic carbocycles. The second-order valence-electron chi connectivity index (χ2n) is 6.24. The van der Waals surface area contributed by atoms with Gasteiger partial charge in [-0.3, -0.25) is 0 Å². The number of halogens is 1. The minimum absolute atomic E-state index is 0. The molecule has 0 saturated carbocycles. The van der Waals surface area contributed by atoms with Gasteiger partial charge in [-0.1, -0.05) is 24.6 Å². The Morgan fingerprint density at radius 3 is 2.67 bits per heavy atom. The van der Waals surface area contributed by atoms with Crippen molar-refractivity contribution in [2.24, 2.45) is 4.99 Å². The lowest BCUT2D eigenvalue weighted by molar-refractivity contribution is 0.455. The number of nitrogens with one attached hydrogen (secondary N) is 1. The van der Waals surface area contributed by atoms with Crippen molar-refractivity contribution in [1.82, 2.24) is 25.0 Å². The first kappa shape index (κ1) is 23.1. The summed E-state index contributed by atoms with van der Waals surface area (Å²) in [4.78, 5) is 11.0. The smallest absolute Gasteiger partial charge is 0.193 e. The molecule has 0 radical (unpaired) electrons. The summed E-state index contributed by atoms with van der Waals surface area (Å²) in [5.41, 5.74) is 2.17. The lowest BCUT2D eigenvalue weighted by atomic mass is 10.2. The van der Waals surface area contributed by atoms with Crippen molar-refractivity contribution in [2.75, 3.05) is 20.1 Å². The molecule has 0 aliphatic heterocycles. The summed E-state index contributed by atoms with van der Waals surface area (Å²) in [6.45, 7) is 8.40. The minimum Gasteiger partial charge on any atom is -0.357 e. The molecule has 0 amide bonds. The first-order chi connectivity index (χ1) is 12.7. The molecule has 0 aliphatic carbocycles. The van der Waals surface area contributed by atoms with Gasteiger partial charge in [-0.15, -0.1) is 30.6 Å². The molecule has 1 heterocycles. The second-order valence-corrected chi connectivity index (χ2v) is 6.24. The van der Waals surface area contributed by atoms with Gasteiger partial charge in [-0.2, -0.15) is 5.10 Å². The standard InChI is InChI=1S/C20H30N6.HI/c1-4-6-7-8-9-14-25(3)20(22-5-2)23-15-18-10-12-19(13-11-18)26-17-21-16-24-26;/h4,10-13,16-17H,1,5-9,14-15H2,2-3H3,(H,22,23);1H. The predicted molar refractivity (Wildman–Crippen MR) is 123 cm³/mol. The van der Waals surface area contributed by atoms with E-state index in [9.17, 15) is 0 Å². The first-order valence-electron chi connectivity index (χ1n) is 9.29. The van der Waals surface area contributed by atoms with Crippen molar-refractivity contribution in [2.45, 2.75) is 39.2 Å². The first-order valence-corrected chi connectivity index (χ1v) is 9.29. The quantitative estimate of drug-likeness (QED) is 0.183. The Labute approximate surface area is 179 Å². The molecular weight excluding hydrogens is 451 g/mol. The van der Waals surface area contributed by atoms with E-state index >= 15 is 0 Å². The van der Waals surface area contributed by atoms with Crippen LogP contribution in [-0.4, -0.2) is 45.8 Å². The summed E-state index contributed by atoms with van der Waals surface area (Å²) in [7, 11) is 2.10. The summed E-state index contributed by atoms with van der Waals surface area (Å²) in [5, 5.41) is 7.52. The molecule has 0 unspecified atom stereocenters. The highest BCUT2D eigenvalue weighted by atomic mass is 127. The van der Waals surface area contributed by atoms with Crippen molar-refractivity contribution in [3.8, 4) is 5.69 Å². The van der Waals surface area contributed by atoms with Gasteiger partial charge in [0.1, 0.15) is 12.7 Å². The molecule has 0 aliphatic rings. The van der Waals surface area contributed by atoms with Gasteiger partial charge in [-0.25, -0.2) is 14.7 Å². The van der Waals surface area contributed by atoms with Gasteiger partial charge in [0.2, 0.25) is 0 Å². The molecule has 1 aromatic heterocycles. The zero-order valence-corrected chi connectivity index (χ0v) is 18.7. The van der Waals surface area contributed by atoms with Gasteiger partial charge >= 0.3 is 0 Å². The van der Waals surface area contributed by atoms with Crippen LogP contribution in [0.4, 0.5) is 0 Å². The number of allylic oxidation sites excluding steroid dienone is 1. The minimum atomic E-state index is 0. The molecule has 6 nitrogen and oxygen atoms in total. The summed E-state index contributed by atoms with van der Waals surface area (Å²) in [6, 6.07) is 8.24. The van der Waals surface area contributed by atoms with E-state index in [1.807, 2.05) is 18.2 Å². The second kappa shape index (κ2) is 13.3. The molecule has 148 valence electrons. The Morgan fingerprint density at radius 1 is 1.26 bits per heavy atom. The van der Waals surface area contributed by atoms with Gasteiger partial charge in [-0.05, 0) is 43.9 Å². The third-order valence-corrected chi connectivity index (χ3v) is 4.13. The SMILES string of the molecule is C=CCCCCCN(C)C(=NCc1ccc(-n2cncn2)cc1)NCC.I. The maximum atomic E-state index is 4.77. The maximum absolute atomic E-state index is 4.77. The normalized spacial score (nSPS) is 11.0. The fraction of sp³-hybridized carbons (Fsp3) is 0.450. The van der Waals surface area contributed by atoms with Crippen LogP contribution < -0.4 is 5.32 Å². The molecule has 0 bridgehead atoms. The molecule has 27 heavy (non-hydrogen) atoms. The number of rotatable bonds is 10. The number of benzene rings is 1. The topological polar surface area (TPSA) is 58.3 Å². The van der Waals surface area contributed by atoms with Crippen molar-refractivity contribution in [3.05, 3.63) is 55.1 Å². The number of hydrogen-bond donors (Lipinski definition) is 1. The summed E-state index contributed by atoms with van der Waals surface area (Å²) >= 11 is 0. The molecule has 7 heteroatoms. The number of nitrogens with zero attached hydrogens (tertiary/aromatic N) is 5. The summed E-state index contributed by atoms with van der Waals surface area (Å²) < 4.78 is 1.75. The Bertz CT molecular complexity index is 666.